The number of hydrogen-bond acceptors (Lipinski definition) is 10. The zero-order chi connectivity index (χ0) is 30.0. The molecule has 3 aromatic carbocycles. The molecule has 12 nitrogen and oxygen atoms in total. The number of non-ortho nitro benzene ring substituents is 1. The van der Waals surface area contributed by atoms with Gasteiger partial charge in [0.2, 0.25) is 5.91 Å². The highest BCUT2D eigenvalue weighted by atomic mass is 31.2. The first-order chi connectivity index (χ1) is 20.1. The number of carbonyl (C=O) groups excluding carboxylic acids is 2. The van der Waals surface area contributed by atoms with Crippen molar-refractivity contribution in [2.45, 2.75) is 32.6 Å². The molecule has 0 bridgehead atoms. The summed E-state index contributed by atoms with van der Waals surface area (Å²) in [7, 11) is -4.54. The second-order valence-electron chi connectivity index (χ2n) is 9.81. The lowest BCUT2D eigenvalue weighted by atomic mass is 9.79. The molecule has 1 fully saturated rings. The van der Waals surface area contributed by atoms with Crippen LogP contribution in [0.25, 0.3) is 0 Å². The molecule has 1 N–H and O–H groups in total. The number of amides is 1. The minimum absolute atomic E-state index is 0.126. The van der Waals surface area contributed by atoms with Crippen LogP contribution >= 0.6 is 7.82 Å². The molecule has 4 atom stereocenters. The largest absolute Gasteiger partial charge is 0.646 e. The molecule has 2 aliphatic rings. The van der Waals surface area contributed by atoms with E-state index in [-0.39, 0.29) is 35.2 Å². The fraction of sp³-hybridized carbons (Fsp3) is 0.241. The van der Waals surface area contributed by atoms with Gasteiger partial charge < -0.3 is 23.4 Å². The normalized spacial score (nSPS) is 20.3. The number of rotatable bonds is 11. The van der Waals surface area contributed by atoms with E-state index in [1.54, 1.807) is 67.6 Å². The number of benzene rings is 3. The van der Waals surface area contributed by atoms with Gasteiger partial charge in [-0.15, -0.1) is 0 Å². The van der Waals surface area contributed by atoms with Crippen LogP contribution in [0, 0.1) is 22.0 Å². The van der Waals surface area contributed by atoms with Crippen LogP contribution in [0.2, 0.25) is 0 Å². The van der Waals surface area contributed by atoms with E-state index in [1.165, 1.54) is 36.1 Å². The highest BCUT2D eigenvalue weighted by Gasteiger charge is 2.62. The number of nitro benzene ring substituents is 1. The first-order valence-corrected chi connectivity index (χ1v) is 14.5. The maximum atomic E-state index is 14.2. The number of nitrogens with zero attached hydrogens (tertiary/aromatic N) is 2. The lowest BCUT2D eigenvalue weighted by molar-refractivity contribution is -0.384. The minimum atomic E-state index is -4.54. The Kier molecular flexibility index (Phi) is 8.02. The third kappa shape index (κ3) is 5.72. The van der Waals surface area contributed by atoms with E-state index in [2.05, 4.69) is 0 Å². The van der Waals surface area contributed by atoms with Crippen LogP contribution in [-0.4, -0.2) is 39.0 Å². The molecule has 2 heterocycles. The zero-order valence-corrected chi connectivity index (χ0v) is 23.5. The summed E-state index contributed by atoms with van der Waals surface area (Å²) in [6.45, 7) is 2.87. The van der Waals surface area contributed by atoms with E-state index < -0.39 is 48.6 Å². The Bertz CT molecular complexity index is 1510. The van der Waals surface area contributed by atoms with Crippen LogP contribution in [-0.2, 0) is 30.0 Å². The number of nitro groups is 1. The molecule has 1 saturated heterocycles. The molecule has 0 aliphatic carbocycles. The van der Waals surface area contributed by atoms with E-state index in [4.69, 9.17) is 18.3 Å². The summed E-state index contributed by atoms with van der Waals surface area (Å²) in [6, 6.07) is 21.1. The summed E-state index contributed by atoms with van der Waals surface area (Å²) >= 11 is 0. The average Bonchev–Trinajstić information content (AvgIpc) is 3.20. The molecule has 5 rings (SSSR count). The summed E-state index contributed by atoms with van der Waals surface area (Å²) in [4.78, 5) is 38.1. The maximum absolute atomic E-state index is 14.2. The first kappa shape index (κ1) is 28.8. The van der Waals surface area contributed by atoms with Crippen molar-refractivity contribution in [3.05, 3.63) is 112 Å². The SMILES string of the molecule is CC(O)[C@@H]1C(=O)N2C(C(=O)OCc3ccc([N+](=O)[O-])cc3)=C(OP(=O)(Oc3ccccc3)Oc3ccccc3)[C@@H](C)[C@@H]12. The van der Waals surface area contributed by atoms with Gasteiger partial charge in [0.05, 0.1) is 23.0 Å². The van der Waals surface area contributed by atoms with Crippen LogP contribution in [0.15, 0.2) is 96.4 Å². The number of aliphatic hydroxyl groups is 1. The number of aliphatic hydroxyl groups excluding tert-OH is 1. The second kappa shape index (κ2) is 11.7. The maximum Gasteiger partial charge on any atom is 0.646 e. The first-order valence-electron chi connectivity index (χ1n) is 13.0. The molecule has 42 heavy (non-hydrogen) atoms. The van der Waals surface area contributed by atoms with E-state index in [0.717, 1.165) is 0 Å². The quantitative estimate of drug-likeness (QED) is 0.106. The number of carbonyl (C=O) groups is 2. The number of phosphoric acid groups is 1. The number of ether oxygens (including phenoxy) is 1. The molecule has 0 spiro atoms. The Balaban J connectivity index is 1.48. The van der Waals surface area contributed by atoms with Gasteiger partial charge in [-0.2, -0.15) is 4.57 Å². The van der Waals surface area contributed by atoms with Crippen molar-refractivity contribution in [3.63, 3.8) is 0 Å². The predicted molar refractivity (Wildman–Crippen MR) is 148 cm³/mol. The highest BCUT2D eigenvalue weighted by Crippen LogP contribution is 2.57. The summed E-state index contributed by atoms with van der Waals surface area (Å²) in [6.07, 6.45) is -1.02. The molecular formula is C29H27N2O10P. The fourth-order valence-corrected chi connectivity index (χ4v) is 6.33. The van der Waals surface area contributed by atoms with Gasteiger partial charge in [0.15, 0.2) is 5.70 Å². The molecule has 3 aromatic rings. The lowest BCUT2D eigenvalue weighted by Gasteiger charge is -2.46. The fourth-order valence-electron chi connectivity index (χ4n) is 4.96. The van der Waals surface area contributed by atoms with Gasteiger partial charge >= 0.3 is 13.8 Å². The molecule has 2 aliphatic heterocycles. The van der Waals surface area contributed by atoms with Crippen molar-refractivity contribution in [1.82, 2.24) is 4.90 Å². The molecule has 0 radical (unpaired) electrons. The van der Waals surface area contributed by atoms with Gasteiger partial charge in [0.1, 0.15) is 23.9 Å². The van der Waals surface area contributed by atoms with Crippen LogP contribution in [0.3, 0.4) is 0 Å². The second-order valence-corrected chi connectivity index (χ2v) is 11.3. The van der Waals surface area contributed by atoms with Crippen molar-refractivity contribution in [1.29, 1.82) is 0 Å². The average molecular weight is 595 g/mol. The van der Waals surface area contributed by atoms with Crippen molar-refractivity contribution >= 4 is 25.4 Å². The Morgan fingerprint density at radius 1 is 0.976 bits per heavy atom. The van der Waals surface area contributed by atoms with Gasteiger partial charge in [-0.25, -0.2) is 4.79 Å². The van der Waals surface area contributed by atoms with Crippen LogP contribution < -0.4 is 9.05 Å². The number of β-lactam (4-membered cyclic amide) rings is 1. The van der Waals surface area contributed by atoms with E-state index in [9.17, 15) is 29.4 Å². The number of hydrogen-bond donors (Lipinski definition) is 1. The Hall–Kier alpha value is -4.67. The number of fused-ring (bicyclic) bond motifs is 1. The molecule has 218 valence electrons. The van der Waals surface area contributed by atoms with Crippen LogP contribution in [0.4, 0.5) is 5.69 Å². The molecular weight excluding hydrogens is 567 g/mol. The van der Waals surface area contributed by atoms with Gasteiger partial charge in [-0.1, -0.05) is 43.3 Å². The molecule has 1 unspecified atom stereocenters. The monoisotopic (exact) mass is 594 g/mol. The predicted octanol–water partition coefficient (Wildman–Crippen LogP) is 4.99. The number of para-hydroxylation sites is 2. The van der Waals surface area contributed by atoms with Crippen LogP contribution in [0.1, 0.15) is 19.4 Å². The Morgan fingerprint density at radius 2 is 1.52 bits per heavy atom. The number of esters is 1. The molecule has 1 amide bonds. The standard InChI is InChI=1S/C29H27N2O10P/c1-18-25-24(19(2)32)28(33)30(25)26(29(34)38-17-20-13-15-21(16-14-20)31(35)36)27(18)41-42(37,39-22-9-5-3-6-10-22)40-23-11-7-4-8-12-23/h3-16,18-19,24-25,32H,17H2,1-2H3/t18-,19?,24-,25-/m0/s1. The minimum Gasteiger partial charge on any atom is -0.456 e. The molecule has 0 aromatic heterocycles. The summed E-state index contributed by atoms with van der Waals surface area (Å²) < 4.78 is 37.0. The Labute approximate surface area is 240 Å². The van der Waals surface area contributed by atoms with Crippen molar-refractivity contribution in [3.8, 4) is 11.5 Å². The van der Waals surface area contributed by atoms with Gasteiger partial charge in [-0.3, -0.25) is 19.8 Å². The van der Waals surface area contributed by atoms with Gasteiger partial charge in [-0.05, 0) is 48.9 Å². The summed E-state index contributed by atoms with van der Waals surface area (Å²) in [5, 5.41) is 21.2. The van der Waals surface area contributed by atoms with E-state index >= 15 is 0 Å². The zero-order valence-electron chi connectivity index (χ0n) is 22.6. The third-order valence-corrected chi connectivity index (χ3v) is 8.24. The van der Waals surface area contributed by atoms with Crippen molar-refractivity contribution in [2.75, 3.05) is 0 Å². The Morgan fingerprint density at radius 3 is 2.02 bits per heavy atom. The highest BCUT2D eigenvalue weighted by molar-refractivity contribution is 7.49. The van der Waals surface area contributed by atoms with Crippen molar-refractivity contribution in [2.24, 2.45) is 11.8 Å². The van der Waals surface area contributed by atoms with Crippen molar-refractivity contribution < 1.29 is 42.5 Å². The smallest absolute Gasteiger partial charge is 0.456 e. The molecule has 13 heteroatoms. The topological polar surface area (TPSA) is 155 Å². The van der Waals surface area contributed by atoms with E-state index in [0.29, 0.717) is 5.56 Å². The lowest BCUT2D eigenvalue weighted by Crippen LogP contribution is -2.63. The van der Waals surface area contributed by atoms with Gasteiger partial charge in [0.25, 0.3) is 5.69 Å². The third-order valence-electron chi connectivity index (χ3n) is 6.95. The van der Waals surface area contributed by atoms with Crippen LogP contribution in [0.5, 0.6) is 11.5 Å². The van der Waals surface area contributed by atoms with Gasteiger partial charge in [0, 0.05) is 18.1 Å². The van der Waals surface area contributed by atoms with E-state index in [1.807, 2.05) is 0 Å². The molecule has 0 saturated carbocycles. The summed E-state index contributed by atoms with van der Waals surface area (Å²) in [5.74, 6) is -2.82. The summed E-state index contributed by atoms with van der Waals surface area (Å²) in [5.41, 5.74) is 0.0469. The number of phosphoric ester groups is 1.